The number of hydrogen-bond acceptors (Lipinski definition) is 4. The highest BCUT2D eigenvalue weighted by Gasteiger charge is 2.30. The number of carbonyl (C=O) groups is 2. The van der Waals surface area contributed by atoms with E-state index < -0.39 is 23.4 Å². The average molecular weight is 329 g/mol. The normalized spacial score (nSPS) is 12.0. The second-order valence-corrected chi connectivity index (χ2v) is 7.88. The molecule has 2 amide bonds. The Morgan fingerprint density at radius 3 is 1.52 bits per heavy atom. The largest absolute Gasteiger partial charge is 0.443 e. The number of unbranched alkanes of at least 4 members (excludes halogenated alkanes) is 5. The average Bonchev–Trinajstić information content (AvgIpc) is 2.33. The second-order valence-electron chi connectivity index (χ2n) is 7.88. The molecule has 5 heteroatoms. The topological polar surface area (TPSA) is 55.8 Å². The van der Waals surface area contributed by atoms with E-state index in [1.807, 2.05) is 0 Å². The summed E-state index contributed by atoms with van der Waals surface area (Å²) in [6.45, 7) is 13.2. The molecule has 0 unspecified atom stereocenters. The number of rotatable bonds is 7. The van der Waals surface area contributed by atoms with Gasteiger partial charge in [-0.3, -0.25) is 0 Å². The molecule has 0 rings (SSSR count). The molecule has 0 aliphatic carbocycles. The summed E-state index contributed by atoms with van der Waals surface area (Å²) in [7, 11) is 0. The summed E-state index contributed by atoms with van der Waals surface area (Å²) >= 11 is 0. The van der Waals surface area contributed by atoms with Crippen LogP contribution in [0, 0.1) is 0 Å². The Morgan fingerprint density at radius 1 is 0.739 bits per heavy atom. The quantitative estimate of drug-likeness (QED) is 0.577. The summed E-state index contributed by atoms with van der Waals surface area (Å²) in [5, 5.41) is 0. The molecule has 0 atom stereocenters. The molecule has 23 heavy (non-hydrogen) atoms. The number of carbonyl (C=O) groups excluding carboxylic acids is 2. The lowest BCUT2D eigenvalue weighted by Gasteiger charge is -2.28. The zero-order valence-corrected chi connectivity index (χ0v) is 16.0. The van der Waals surface area contributed by atoms with Crippen molar-refractivity contribution in [1.82, 2.24) is 4.90 Å². The van der Waals surface area contributed by atoms with Gasteiger partial charge in [-0.15, -0.1) is 0 Å². The maximum absolute atomic E-state index is 12.3. The van der Waals surface area contributed by atoms with E-state index >= 15 is 0 Å². The van der Waals surface area contributed by atoms with Gasteiger partial charge in [0, 0.05) is 6.54 Å². The number of amides is 2. The van der Waals surface area contributed by atoms with Crippen LogP contribution < -0.4 is 0 Å². The Balaban J connectivity index is 4.61. The SMILES string of the molecule is CCCCCCCCN(C(=O)OC(C)(C)C)C(=O)OC(C)(C)C. The van der Waals surface area contributed by atoms with Gasteiger partial charge in [0.1, 0.15) is 11.2 Å². The molecule has 0 saturated heterocycles. The van der Waals surface area contributed by atoms with Gasteiger partial charge in [-0.1, -0.05) is 39.0 Å². The van der Waals surface area contributed by atoms with Crippen LogP contribution >= 0.6 is 0 Å². The summed E-state index contributed by atoms with van der Waals surface area (Å²) in [4.78, 5) is 25.6. The van der Waals surface area contributed by atoms with Crippen molar-refractivity contribution < 1.29 is 19.1 Å². The first kappa shape index (κ1) is 21.7. The number of hydrogen-bond donors (Lipinski definition) is 0. The monoisotopic (exact) mass is 329 g/mol. The smallest absolute Gasteiger partial charge is 0.419 e. The van der Waals surface area contributed by atoms with E-state index in [1.165, 1.54) is 19.3 Å². The molecule has 0 aromatic carbocycles. The van der Waals surface area contributed by atoms with Gasteiger partial charge in [0.2, 0.25) is 0 Å². The van der Waals surface area contributed by atoms with Crippen LogP contribution in [0.2, 0.25) is 0 Å². The van der Waals surface area contributed by atoms with Crippen LogP contribution in [-0.2, 0) is 9.47 Å². The van der Waals surface area contributed by atoms with Gasteiger partial charge in [0.05, 0.1) is 0 Å². The second kappa shape index (κ2) is 9.78. The minimum absolute atomic E-state index is 0.329. The first-order valence-corrected chi connectivity index (χ1v) is 8.70. The van der Waals surface area contributed by atoms with Crippen molar-refractivity contribution in [1.29, 1.82) is 0 Å². The van der Waals surface area contributed by atoms with Gasteiger partial charge in [0.15, 0.2) is 0 Å². The highest BCUT2D eigenvalue weighted by molar-refractivity contribution is 5.88. The van der Waals surface area contributed by atoms with Crippen LogP contribution in [0.25, 0.3) is 0 Å². The van der Waals surface area contributed by atoms with Crippen molar-refractivity contribution >= 4 is 12.2 Å². The minimum atomic E-state index is -0.640. The Morgan fingerprint density at radius 2 is 1.13 bits per heavy atom. The Kier molecular flexibility index (Phi) is 9.25. The molecule has 0 spiro atoms. The molecule has 5 nitrogen and oxygen atoms in total. The molecule has 0 aliphatic rings. The number of ether oxygens (including phenoxy) is 2. The van der Waals surface area contributed by atoms with Crippen LogP contribution in [0.5, 0.6) is 0 Å². The molecule has 0 saturated carbocycles. The molecule has 136 valence electrons. The van der Waals surface area contributed by atoms with Gasteiger partial charge in [-0.2, -0.15) is 0 Å². The highest BCUT2D eigenvalue weighted by atomic mass is 16.6. The van der Waals surface area contributed by atoms with E-state index in [2.05, 4.69) is 6.92 Å². The fourth-order valence-corrected chi connectivity index (χ4v) is 1.94. The van der Waals surface area contributed by atoms with E-state index in [9.17, 15) is 9.59 Å². The van der Waals surface area contributed by atoms with E-state index in [4.69, 9.17) is 9.47 Å². The fourth-order valence-electron chi connectivity index (χ4n) is 1.94. The van der Waals surface area contributed by atoms with E-state index in [1.54, 1.807) is 41.5 Å². The Labute approximate surface area is 141 Å². The van der Waals surface area contributed by atoms with Crippen molar-refractivity contribution in [2.24, 2.45) is 0 Å². The van der Waals surface area contributed by atoms with Crippen molar-refractivity contribution in [2.45, 2.75) is 98.2 Å². The summed E-state index contributed by atoms with van der Waals surface area (Å²) in [6, 6.07) is 0. The minimum Gasteiger partial charge on any atom is -0.443 e. The zero-order valence-electron chi connectivity index (χ0n) is 16.0. The summed E-state index contributed by atoms with van der Waals surface area (Å²) < 4.78 is 10.6. The standard InChI is InChI=1S/C18H35NO4/c1-8-9-10-11-12-13-14-19(15(20)22-17(2,3)4)16(21)23-18(5,6)7/h8-14H2,1-7H3. The molecule has 0 fully saturated rings. The predicted octanol–water partition coefficient (Wildman–Crippen LogP) is 5.52. The Hall–Kier alpha value is -1.26. The third-order valence-corrected chi connectivity index (χ3v) is 2.96. The molecule has 0 N–H and O–H groups in total. The fraction of sp³-hybridized carbons (Fsp3) is 0.889. The van der Waals surface area contributed by atoms with Gasteiger partial charge in [-0.25, -0.2) is 14.5 Å². The van der Waals surface area contributed by atoms with Crippen molar-refractivity contribution in [3.05, 3.63) is 0 Å². The van der Waals surface area contributed by atoms with Gasteiger partial charge in [-0.05, 0) is 48.0 Å². The molecule has 0 aliphatic heterocycles. The van der Waals surface area contributed by atoms with E-state index in [0.29, 0.717) is 6.54 Å². The molecule has 0 aromatic heterocycles. The third kappa shape index (κ3) is 11.9. The van der Waals surface area contributed by atoms with Crippen LogP contribution in [-0.4, -0.2) is 34.8 Å². The maximum atomic E-state index is 12.3. The molecular weight excluding hydrogens is 294 g/mol. The van der Waals surface area contributed by atoms with Crippen LogP contribution in [0.4, 0.5) is 9.59 Å². The predicted molar refractivity (Wildman–Crippen MR) is 92.6 cm³/mol. The number of nitrogens with zero attached hydrogens (tertiary/aromatic N) is 1. The third-order valence-electron chi connectivity index (χ3n) is 2.96. The van der Waals surface area contributed by atoms with Crippen LogP contribution in [0.15, 0.2) is 0 Å². The molecule has 0 bridgehead atoms. The molecule has 0 heterocycles. The maximum Gasteiger partial charge on any atom is 0.419 e. The van der Waals surface area contributed by atoms with Gasteiger partial charge < -0.3 is 9.47 Å². The Bertz CT molecular complexity index is 338. The van der Waals surface area contributed by atoms with Crippen LogP contribution in [0.3, 0.4) is 0 Å². The lowest BCUT2D eigenvalue weighted by atomic mass is 10.1. The van der Waals surface area contributed by atoms with Crippen molar-refractivity contribution in [3.63, 3.8) is 0 Å². The van der Waals surface area contributed by atoms with Crippen LogP contribution in [0.1, 0.15) is 87.0 Å². The first-order valence-electron chi connectivity index (χ1n) is 8.70. The molecule has 0 radical (unpaired) electrons. The zero-order chi connectivity index (χ0) is 18.1. The van der Waals surface area contributed by atoms with Gasteiger partial charge in [0.25, 0.3) is 0 Å². The first-order chi connectivity index (χ1) is 10.5. The lowest BCUT2D eigenvalue weighted by molar-refractivity contribution is 0.00118. The lowest BCUT2D eigenvalue weighted by Crippen LogP contribution is -2.44. The molecular formula is C18H35NO4. The highest BCUT2D eigenvalue weighted by Crippen LogP contribution is 2.15. The summed E-state index contributed by atoms with van der Waals surface area (Å²) in [6.07, 6.45) is 5.20. The number of imide groups is 1. The van der Waals surface area contributed by atoms with E-state index in [-0.39, 0.29) is 0 Å². The van der Waals surface area contributed by atoms with Crippen molar-refractivity contribution in [3.8, 4) is 0 Å². The van der Waals surface area contributed by atoms with Crippen molar-refractivity contribution in [2.75, 3.05) is 6.54 Å². The van der Waals surface area contributed by atoms with E-state index in [0.717, 1.165) is 24.2 Å². The summed E-state index contributed by atoms with van der Waals surface area (Å²) in [5.41, 5.74) is -1.28. The molecule has 0 aromatic rings. The summed E-state index contributed by atoms with van der Waals surface area (Å²) in [5.74, 6) is 0. The van der Waals surface area contributed by atoms with Gasteiger partial charge >= 0.3 is 12.2 Å².